The van der Waals surface area contributed by atoms with Crippen LogP contribution in [0, 0.1) is 0 Å². The number of hydrogen-bond acceptors (Lipinski definition) is 0. The summed E-state index contributed by atoms with van der Waals surface area (Å²) >= 11 is 0. The van der Waals surface area contributed by atoms with Crippen LogP contribution in [0.25, 0.3) is 10.9 Å². The van der Waals surface area contributed by atoms with E-state index in [1.165, 1.54) is 12.1 Å². The zero-order valence-corrected chi connectivity index (χ0v) is 8.15. The molecule has 0 saturated carbocycles. The van der Waals surface area contributed by atoms with Crippen molar-refractivity contribution in [3.05, 3.63) is 35.5 Å². The van der Waals surface area contributed by atoms with Crippen molar-refractivity contribution in [1.82, 2.24) is 4.98 Å². The minimum Gasteiger partial charge on any atom is -0.361 e. The van der Waals surface area contributed by atoms with Gasteiger partial charge in [-0.2, -0.15) is 13.2 Å². The van der Waals surface area contributed by atoms with Gasteiger partial charge in [0.2, 0.25) is 0 Å². The number of halogens is 3. The second-order valence-corrected chi connectivity index (χ2v) is 3.43. The molecular weight excluding hydrogens is 203 g/mol. The number of hydrogen-bond donors (Lipinski definition) is 1. The van der Waals surface area contributed by atoms with Gasteiger partial charge >= 0.3 is 6.18 Å². The van der Waals surface area contributed by atoms with E-state index in [2.05, 4.69) is 4.98 Å². The molecule has 4 heteroatoms. The summed E-state index contributed by atoms with van der Waals surface area (Å²) in [5.74, 6) is 0. The van der Waals surface area contributed by atoms with Crippen molar-refractivity contribution in [3.63, 3.8) is 0 Å². The molecule has 1 aromatic carbocycles. The summed E-state index contributed by atoms with van der Waals surface area (Å²) in [6.07, 6.45) is -1.79. The molecule has 80 valence electrons. The molecule has 0 bridgehead atoms. The first kappa shape index (κ1) is 10.1. The van der Waals surface area contributed by atoms with Crippen LogP contribution >= 0.6 is 0 Å². The highest BCUT2D eigenvalue weighted by Crippen LogP contribution is 2.32. The van der Waals surface area contributed by atoms with Crippen LogP contribution in [0.4, 0.5) is 13.2 Å². The summed E-state index contributed by atoms with van der Waals surface area (Å²) in [6.45, 7) is 1.92. The van der Waals surface area contributed by atoms with Gasteiger partial charge < -0.3 is 4.98 Å². The van der Waals surface area contributed by atoms with Crippen LogP contribution in [0.5, 0.6) is 0 Å². The monoisotopic (exact) mass is 213 g/mol. The Morgan fingerprint density at radius 1 is 1.27 bits per heavy atom. The minimum absolute atomic E-state index is 0.593. The van der Waals surface area contributed by atoms with Crippen molar-refractivity contribution in [3.8, 4) is 0 Å². The van der Waals surface area contributed by atoms with E-state index in [1.807, 2.05) is 6.92 Å². The smallest absolute Gasteiger partial charge is 0.361 e. The molecule has 1 N–H and O–H groups in total. The molecule has 1 aromatic heterocycles. The number of benzene rings is 1. The molecule has 0 aliphatic heterocycles. The lowest BCUT2D eigenvalue weighted by Gasteiger charge is -2.06. The number of aromatic nitrogens is 1. The van der Waals surface area contributed by atoms with Crippen LogP contribution in [0.15, 0.2) is 24.4 Å². The molecule has 0 amide bonds. The Labute approximate surface area is 84.9 Å². The number of alkyl halides is 3. The first-order valence-electron chi connectivity index (χ1n) is 4.69. The highest BCUT2D eigenvalue weighted by molar-refractivity contribution is 5.84. The van der Waals surface area contributed by atoms with E-state index in [0.717, 1.165) is 23.6 Å². The Morgan fingerprint density at radius 2 is 2.00 bits per heavy atom. The third kappa shape index (κ3) is 1.71. The summed E-state index contributed by atoms with van der Waals surface area (Å²) < 4.78 is 37.3. The maximum atomic E-state index is 12.4. The molecule has 0 saturated heterocycles. The van der Waals surface area contributed by atoms with Crippen LogP contribution in [-0.4, -0.2) is 4.98 Å². The standard InChI is InChI=1S/C11H10F3N/c1-2-7-6-15-10-4-3-8(5-9(7)10)11(12,13)14/h3-6,15H,2H2,1H3. The molecule has 2 rings (SSSR count). The quantitative estimate of drug-likeness (QED) is 0.742. The van der Waals surface area contributed by atoms with Crippen LogP contribution in [0.3, 0.4) is 0 Å². The predicted octanol–water partition coefficient (Wildman–Crippen LogP) is 3.75. The van der Waals surface area contributed by atoms with Gasteiger partial charge in [-0.05, 0) is 30.2 Å². The first-order valence-corrected chi connectivity index (χ1v) is 4.69. The summed E-state index contributed by atoms with van der Waals surface area (Å²) in [5, 5.41) is 0.660. The Bertz CT molecular complexity index is 482. The lowest BCUT2D eigenvalue weighted by molar-refractivity contribution is -0.137. The molecule has 0 aliphatic rings. The van der Waals surface area contributed by atoms with Gasteiger partial charge in [0, 0.05) is 17.1 Å². The Kier molecular flexibility index (Phi) is 2.21. The number of nitrogens with one attached hydrogen (secondary N) is 1. The fourth-order valence-electron chi connectivity index (χ4n) is 1.65. The van der Waals surface area contributed by atoms with Crippen LogP contribution in [-0.2, 0) is 12.6 Å². The van der Waals surface area contributed by atoms with Crippen LogP contribution in [0.2, 0.25) is 0 Å². The van der Waals surface area contributed by atoms with Crippen molar-refractivity contribution in [2.75, 3.05) is 0 Å². The van der Waals surface area contributed by atoms with Crippen molar-refractivity contribution < 1.29 is 13.2 Å². The van der Waals surface area contributed by atoms with Crippen molar-refractivity contribution in [2.45, 2.75) is 19.5 Å². The molecule has 0 spiro atoms. The van der Waals surface area contributed by atoms with E-state index in [4.69, 9.17) is 0 Å². The van der Waals surface area contributed by atoms with E-state index in [9.17, 15) is 13.2 Å². The van der Waals surface area contributed by atoms with Gasteiger partial charge in [-0.15, -0.1) is 0 Å². The minimum atomic E-state index is -4.27. The molecule has 0 aliphatic carbocycles. The van der Waals surface area contributed by atoms with Gasteiger partial charge in [-0.3, -0.25) is 0 Å². The number of H-pyrrole nitrogens is 1. The molecule has 2 aromatic rings. The average molecular weight is 213 g/mol. The van der Waals surface area contributed by atoms with Crippen LogP contribution in [0.1, 0.15) is 18.1 Å². The molecule has 15 heavy (non-hydrogen) atoms. The number of fused-ring (bicyclic) bond motifs is 1. The van der Waals surface area contributed by atoms with Gasteiger partial charge in [0.05, 0.1) is 5.56 Å². The van der Waals surface area contributed by atoms with Gasteiger partial charge in [0.1, 0.15) is 0 Å². The summed E-state index contributed by atoms with van der Waals surface area (Å²) in [5.41, 5.74) is 1.07. The molecule has 0 unspecified atom stereocenters. The van der Waals surface area contributed by atoms with Gasteiger partial charge in [0.15, 0.2) is 0 Å². The molecule has 0 atom stereocenters. The highest BCUT2D eigenvalue weighted by Gasteiger charge is 2.30. The van der Waals surface area contributed by atoms with E-state index < -0.39 is 11.7 Å². The maximum Gasteiger partial charge on any atom is 0.416 e. The predicted molar refractivity (Wildman–Crippen MR) is 52.7 cm³/mol. The molecule has 1 heterocycles. The third-order valence-corrected chi connectivity index (χ3v) is 2.48. The van der Waals surface area contributed by atoms with E-state index >= 15 is 0 Å². The fraction of sp³-hybridized carbons (Fsp3) is 0.273. The number of aryl methyl sites for hydroxylation is 1. The molecular formula is C11H10F3N. The SMILES string of the molecule is CCc1c[nH]c2ccc(C(F)(F)F)cc12. The average Bonchev–Trinajstić information content (AvgIpc) is 2.57. The number of rotatable bonds is 1. The molecule has 0 fully saturated rings. The zero-order valence-electron chi connectivity index (χ0n) is 8.15. The normalized spacial score (nSPS) is 12.3. The van der Waals surface area contributed by atoms with E-state index in [0.29, 0.717) is 5.39 Å². The van der Waals surface area contributed by atoms with Crippen molar-refractivity contribution in [2.24, 2.45) is 0 Å². The Hall–Kier alpha value is -1.45. The van der Waals surface area contributed by atoms with E-state index in [-0.39, 0.29) is 0 Å². The Balaban J connectivity index is 2.63. The largest absolute Gasteiger partial charge is 0.416 e. The Morgan fingerprint density at radius 3 is 2.60 bits per heavy atom. The lowest BCUT2D eigenvalue weighted by Crippen LogP contribution is -2.04. The van der Waals surface area contributed by atoms with Crippen molar-refractivity contribution in [1.29, 1.82) is 0 Å². The fourth-order valence-corrected chi connectivity index (χ4v) is 1.65. The number of aromatic amines is 1. The van der Waals surface area contributed by atoms with Gasteiger partial charge in [-0.1, -0.05) is 6.92 Å². The summed E-state index contributed by atoms with van der Waals surface area (Å²) in [7, 11) is 0. The van der Waals surface area contributed by atoms with Crippen molar-refractivity contribution >= 4 is 10.9 Å². The second kappa shape index (κ2) is 3.29. The summed E-state index contributed by atoms with van der Waals surface area (Å²) in [6, 6.07) is 3.76. The zero-order chi connectivity index (χ0) is 11.1. The molecule has 0 radical (unpaired) electrons. The summed E-state index contributed by atoms with van der Waals surface area (Å²) in [4.78, 5) is 2.95. The first-order chi connectivity index (χ1) is 7.02. The lowest BCUT2D eigenvalue weighted by atomic mass is 10.1. The third-order valence-electron chi connectivity index (χ3n) is 2.48. The molecule has 1 nitrogen and oxygen atoms in total. The van der Waals surface area contributed by atoms with Gasteiger partial charge in [0.25, 0.3) is 0 Å². The van der Waals surface area contributed by atoms with Gasteiger partial charge in [-0.25, -0.2) is 0 Å². The van der Waals surface area contributed by atoms with Crippen LogP contribution < -0.4 is 0 Å². The highest BCUT2D eigenvalue weighted by atomic mass is 19.4. The topological polar surface area (TPSA) is 15.8 Å². The second-order valence-electron chi connectivity index (χ2n) is 3.43. The maximum absolute atomic E-state index is 12.4. The van der Waals surface area contributed by atoms with E-state index in [1.54, 1.807) is 6.20 Å².